The number of imide groups is 1. The van der Waals surface area contributed by atoms with Crippen molar-refractivity contribution in [2.24, 2.45) is 0 Å². The van der Waals surface area contributed by atoms with Gasteiger partial charge in [-0.25, -0.2) is 4.79 Å². The van der Waals surface area contributed by atoms with Gasteiger partial charge in [-0.05, 0) is 35.4 Å². The van der Waals surface area contributed by atoms with Gasteiger partial charge in [-0.1, -0.05) is 60.7 Å². The van der Waals surface area contributed by atoms with E-state index < -0.39 is 11.3 Å². The van der Waals surface area contributed by atoms with E-state index in [9.17, 15) is 9.59 Å². The molecule has 0 fully saturated rings. The van der Waals surface area contributed by atoms with E-state index in [1.165, 1.54) is 11.8 Å². The van der Waals surface area contributed by atoms with Crippen molar-refractivity contribution in [3.63, 3.8) is 0 Å². The number of fused-ring (bicyclic) bond motifs is 1. The Labute approximate surface area is 157 Å². The van der Waals surface area contributed by atoms with Crippen molar-refractivity contribution in [1.29, 1.82) is 0 Å². The second kappa shape index (κ2) is 8.54. The molecular weight excluding hydrogens is 344 g/mol. The van der Waals surface area contributed by atoms with Gasteiger partial charge in [0.05, 0.1) is 0 Å². The van der Waals surface area contributed by atoms with Gasteiger partial charge in [-0.15, -0.1) is 11.8 Å². The molecule has 0 unspecified atom stereocenters. The summed E-state index contributed by atoms with van der Waals surface area (Å²) in [4.78, 5) is 25.4. The van der Waals surface area contributed by atoms with E-state index in [1.807, 2.05) is 67.6 Å². The quantitative estimate of drug-likeness (QED) is 0.655. The molecule has 26 heavy (non-hydrogen) atoms. The lowest BCUT2D eigenvalue weighted by atomic mass is 10.1. The number of hydrogen-bond donors (Lipinski definition) is 2. The van der Waals surface area contributed by atoms with E-state index in [0.29, 0.717) is 6.54 Å². The summed E-state index contributed by atoms with van der Waals surface area (Å²) >= 11 is 1.43. The molecular formula is C21H20N2O2S. The van der Waals surface area contributed by atoms with Crippen LogP contribution in [0.1, 0.15) is 17.7 Å². The van der Waals surface area contributed by atoms with Crippen LogP contribution in [0.25, 0.3) is 10.8 Å². The molecule has 0 aliphatic carbocycles. The van der Waals surface area contributed by atoms with Gasteiger partial charge in [-0.3, -0.25) is 10.1 Å². The second-order valence-electron chi connectivity index (χ2n) is 5.77. The molecule has 0 aliphatic rings. The number of benzene rings is 3. The minimum atomic E-state index is -0.514. The van der Waals surface area contributed by atoms with E-state index in [0.717, 1.165) is 21.2 Å². The lowest BCUT2D eigenvalue weighted by Crippen LogP contribution is -2.41. The molecule has 2 N–H and O–H groups in total. The Hall–Kier alpha value is -2.79. The average molecular weight is 364 g/mol. The van der Waals surface area contributed by atoms with Gasteiger partial charge in [0.15, 0.2) is 0 Å². The Kier molecular flexibility index (Phi) is 5.92. The monoisotopic (exact) mass is 364 g/mol. The van der Waals surface area contributed by atoms with Crippen molar-refractivity contribution in [3.05, 3.63) is 78.4 Å². The molecule has 0 spiro atoms. The molecule has 3 amide bonds. The molecule has 0 saturated heterocycles. The third-order valence-corrected chi connectivity index (χ3v) is 5.14. The fraction of sp³-hybridized carbons (Fsp3) is 0.143. The molecule has 0 bridgehead atoms. The molecule has 0 heterocycles. The van der Waals surface area contributed by atoms with Crippen molar-refractivity contribution in [2.45, 2.75) is 17.1 Å². The van der Waals surface area contributed by atoms with E-state index in [-0.39, 0.29) is 5.91 Å². The minimum absolute atomic E-state index is 0.333. The third kappa shape index (κ3) is 4.43. The topological polar surface area (TPSA) is 58.2 Å². The van der Waals surface area contributed by atoms with Crippen LogP contribution in [0.15, 0.2) is 77.7 Å². The van der Waals surface area contributed by atoms with Crippen LogP contribution in [0.2, 0.25) is 0 Å². The van der Waals surface area contributed by atoms with Crippen molar-refractivity contribution in [3.8, 4) is 0 Å². The summed E-state index contributed by atoms with van der Waals surface area (Å²) in [5.74, 6) is -0.333. The number of carbonyl (C=O) groups is 2. The first kappa shape index (κ1) is 18.0. The van der Waals surface area contributed by atoms with Crippen LogP contribution in [0, 0.1) is 0 Å². The van der Waals surface area contributed by atoms with Gasteiger partial charge in [0, 0.05) is 11.4 Å². The number of carbonyl (C=O) groups excluding carboxylic acids is 2. The lowest BCUT2D eigenvalue weighted by molar-refractivity contribution is -0.119. The van der Waals surface area contributed by atoms with Crippen molar-refractivity contribution >= 4 is 34.5 Å². The van der Waals surface area contributed by atoms with Crippen LogP contribution in [-0.2, 0) is 4.79 Å². The average Bonchev–Trinajstić information content (AvgIpc) is 2.66. The van der Waals surface area contributed by atoms with E-state index >= 15 is 0 Å². The van der Waals surface area contributed by atoms with Crippen LogP contribution >= 0.6 is 11.8 Å². The first-order valence-electron chi connectivity index (χ1n) is 8.46. The van der Waals surface area contributed by atoms with Crippen LogP contribution in [-0.4, -0.2) is 18.5 Å². The van der Waals surface area contributed by atoms with E-state index in [4.69, 9.17) is 0 Å². The summed E-state index contributed by atoms with van der Waals surface area (Å²) < 4.78 is 0. The van der Waals surface area contributed by atoms with Gasteiger partial charge in [-0.2, -0.15) is 0 Å². The maximum absolute atomic E-state index is 12.7. The Morgan fingerprint density at radius 3 is 2.35 bits per heavy atom. The largest absolute Gasteiger partial charge is 0.338 e. The van der Waals surface area contributed by atoms with Crippen molar-refractivity contribution in [1.82, 2.24) is 10.6 Å². The third-order valence-electron chi connectivity index (χ3n) is 3.89. The first-order valence-corrected chi connectivity index (χ1v) is 9.34. The summed E-state index contributed by atoms with van der Waals surface area (Å²) in [5.41, 5.74) is 0.854. The lowest BCUT2D eigenvalue weighted by Gasteiger charge is -2.17. The molecule has 0 aromatic heterocycles. The first-order chi connectivity index (χ1) is 12.7. The highest BCUT2D eigenvalue weighted by Gasteiger charge is 2.23. The Morgan fingerprint density at radius 2 is 1.62 bits per heavy atom. The van der Waals surface area contributed by atoms with Gasteiger partial charge in [0.25, 0.3) is 0 Å². The maximum atomic E-state index is 12.7. The Balaban J connectivity index is 1.87. The van der Waals surface area contributed by atoms with Gasteiger partial charge in [0.1, 0.15) is 5.25 Å². The number of hydrogen-bond acceptors (Lipinski definition) is 3. The molecule has 1 atom stereocenters. The normalized spacial score (nSPS) is 11.7. The van der Waals surface area contributed by atoms with Crippen molar-refractivity contribution < 1.29 is 9.59 Å². The number of urea groups is 1. The summed E-state index contributed by atoms with van der Waals surface area (Å²) in [6.45, 7) is 2.27. The van der Waals surface area contributed by atoms with E-state index in [1.54, 1.807) is 0 Å². The second-order valence-corrected chi connectivity index (χ2v) is 6.94. The predicted octanol–water partition coefficient (Wildman–Crippen LogP) is 4.52. The molecule has 3 aromatic rings. The van der Waals surface area contributed by atoms with Gasteiger partial charge >= 0.3 is 6.03 Å². The summed E-state index contributed by atoms with van der Waals surface area (Å²) in [7, 11) is 0. The molecule has 0 saturated carbocycles. The van der Waals surface area contributed by atoms with E-state index in [2.05, 4.69) is 22.8 Å². The standard InChI is InChI=1S/C21H20N2O2S/c1-2-22-21(25)23-20(24)19(16-9-4-3-5-10-16)26-18-13-12-15-8-6-7-11-17(15)14-18/h3-14,19H,2H2,1H3,(H2,22,23,24,25)/t19-/m1/s1. The molecule has 4 nitrogen and oxygen atoms in total. The smallest absolute Gasteiger partial charge is 0.321 e. The predicted molar refractivity (Wildman–Crippen MR) is 106 cm³/mol. The fourth-order valence-corrected chi connectivity index (χ4v) is 3.73. The highest BCUT2D eigenvalue weighted by molar-refractivity contribution is 8.00. The zero-order chi connectivity index (χ0) is 18.4. The highest BCUT2D eigenvalue weighted by atomic mass is 32.2. The molecule has 0 aliphatic heterocycles. The molecule has 132 valence electrons. The fourth-order valence-electron chi connectivity index (χ4n) is 2.66. The molecule has 5 heteroatoms. The number of nitrogens with one attached hydrogen (secondary N) is 2. The van der Waals surface area contributed by atoms with Gasteiger partial charge < -0.3 is 5.32 Å². The van der Waals surface area contributed by atoms with Crippen LogP contribution < -0.4 is 10.6 Å². The number of amides is 3. The Morgan fingerprint density at radius 1 is 0.923 bits per heavy atom. The number of rotatable bonds is 5. The van der Waals surface area contributed by atoms with Crippen LogP contribution in [0.5, 0.6) is 0 Å². The summed E-state index contributed by atoms with van der Waals surface area (Å²) in [6, 6.07) is 23.2. The molecule has 3 rings (SSSR count). The SMILES string of the molecule is CCNC(=O)NC(=O)[C@H](Sc1ccc2ccccc2c1)c1ccccc1. The van der Waals surface area contributed by atoms with Crippen molar-refractivity contribution in [2.75, 3.05) is 6.54 Å². The maximum Gasteiger partial charge on any atom is 0.321 e. The molecule has 3 aromatic carbocycles. The summed E-state index contributed by atoms with van der Waals surface area (Å²) in [5, 5.41) is 6.78. The zero-order valence-electron chi connectivity index (χ0n) is 14.4. The molecule has 0 radical (unpaired) electrons. The number of thioether (sulfide) groups is 1. The van der Waals surface area contributed by atoms with Crippen LogP contribution in [0.4, 0.5) is 4.79 Å². The van der Waals surface area contributed by atoms with Crippen LogP contribution in [0.3, 0.4) is 0 Å². The van der Waals surface area contributed by atoms with Gasteiger partial charge in [0.2, 0.25) is 5.91 Å². The highest BCUT2D eigenvalue weighted by Crippen LogP contribution is 2.36. The Bertz CT molecular complexity index is 912. The minimum Gasteiger partial charge on any atom is -0.338 e. The zero-order valence-corrected chi connectivity index (χ0v) is 15.3. The summed E-state index contributed by atoms with van der Waals surface area (Å²) in [6.07, 6.45) is 0.